The Bertz CT molecular complexity index is 1970. The lowest BCUT2D eigenvalue weighted by Crippen LogP contribution is -2.56. The lowest BCUT2D eigenvalue weighted by molar-refractivity contribution is -0.534. The number of benzene rings is 2. The third-order valence-corrected chi connectivity index (χ3v) is 7.82. The maximum atomic E-state index is 13.9. The Morgan fingerprint density at radius 3 is 1.69 bits per heavy atom. The van der Waals surface area contributed by atoms with Crippen molar-refractivity contribution >= 4 is 54.1 Å². The van der Waals surface area contributed by atoms with Crippen molar-refractivity contribution < 1.29 is 29.6 Å². The molecule has 2 aromatic heterocycles. The summed E-state index contributed by atoms with van der Waals surface area (Å²) in [5.41, 5.74) is -1.62. The van der Waals surface area contributed by atoms with E-state index in [9.17, 15) is 35.2 Å². The minimum absolute atomic E-state index is 0.116. The molecule has 0 saturated heterocycles. The monoisotopic (exact) mass is 685 g/mol. The molecule has 0 radical (unpaired) electrons. The van der Waals surface area contributed by atoms with Crippen LogP contribution in [-0.4, -0.2) is 82.5 Å². The minimum Gasteiger partial charge on any atom is -0.369 e. The molecule has 240 valence electrons. The highest BCUT2D eigenvalue weighted by Crippen LogP contribution is 2.13. The SMILES string of the molecule is CN(C)C=Nc1[nH]c(=O)[n+](S(=O)(=O)c2ccccc2)cc1F.CN(C)C=Nc1[nH]c(=O)ncc1F.O=S(=O)(Cl)c1ccccc1. The number of nitrogens with zero attached hydrogens (tertiary/aromatic N) is 6. The van der Waals surface area contributed by atoms with Gasteiger partial charge in [0.1, 0.15) is 4.90 Å². The summed E-state index contributed by atoms with van der Waals surface area (Å²) in [6.45, 7) is 0. The largest absolute Gasteiger partial charge is 0.513 e. The van der Waals surface area contributed by atoms with Crippen LogP contribution >= 0.6 is 10.7 Å². The predicted octanol–water partition coefficient (Wildman–Crippen LogP) is 2.00. The number of halogens is 3. The van der Waals surface area contributed by atoms with Gasteiger partial charge in [0.15, 0.2) is 17.8 Å². The second-order valence-electron chi connectivity index (χ2n) is 8.92. The number of nitrogens with one attached hydrogen (secondary N) is 2. The van der Waals surface area contributed by atoms with E-state index in [4.69, 9.17) is 10.7 Å². The average molecular weight is 686 g/mol. The van der Waals surface area contributed by atoms with Crippen molar-refractivity contribution in [2.45, 2.75) is 9.79 Å². The van der Waals surface area contributed by atoms with Crippen LogP contribution in [0.4, 0.5) is 20.4 Å². The zero-order chi connectivity index (χ0) is 33.8. The third kappa shape index (κ3) is 11.7. The summed E-state index contributed by atoms with van der Waals surface area (Å²) in [6, 6.07) is 15.1. The van der Waals surface area contributed by atoms with Gasteiger partial charge in [-0.1, -0.05) is 40.4 Å². The summed E-state index contributed by atoms with van der Waals surface area (Å²) in [7, 11) is 4.14. The molecule has 0 spiro atoms. The quantitative estimate of drug-likeness (QED) is 0.127. The lowest BCUT2D eigenvalue weighted by atomic mass is 10.4. The molecule has 2 aromatic carbocycles. The highest BCUT2D eigenvalue weighted by atomic mass is 35.7. The van der Waals surface area contributed by atoms with Crippen LogP contribution in [0.2, 0.25) is 0 Å². The molecule has 0 fully saturated rings. The van der Waals surface area contributed by atoms with Gasteiger partial charge in [-0.3, -0.25) is 4.98 Å². The maximum Gasteiger partial charge on any atom is 0.513 e. The molecule has 4 rings (SSSR count). The third-order valence-electron chi connectivity index (χ3n) is 4.79. The Morgan fingerprint density at radius 1 is 0.778 bits per heavy atom. The normalized spacial score (nSPS) is 11.4. The summed E-state index contributed by atoms with van der Waals surface area (Å²) in [4.78, 5) is 40.7. The van der Waals surface area contributed by atoms with E-state index in [1.807, 2.05) is 0 Å². The van der Waals surface area contributed by atoms with E-state index in [1.165, 1.54) is 49.1 Å². The number of aliphatic imine (C=N–C) groups is 2. The molecular weight excluding hydrogens is 658 g/mol. The highest BCUT2D eigenvalue weighted by molar-refractivity contribution is 8.13. The average Bonchev–Trinajstić information content (AvgIpc) is 2.99. The smallest absolute Gasteiger partial charge is 0.369 e. The van der Waals surface area contributed by atoms with Gasteiger partial charge in [-0.15, -0.1) is 0 Å². The fourth-order valence-corrected chi connectivity index (χ4v) is 4.82. The second kappa shape index (κ2) is 16.3. The standard InChI is InChI=1S/C13H13FN4O3S.C7H9FN4O.C6H5ClO2S/c1-17(2)9-15-12-11(14)8-18(13(19)16-12)22(20,21)10-6-4-3-5-7-10;1-12(2)4-10-6-5(8)3-9-7(13)11-6;7-10(8,9)6-4-2-1-3-5-6/h3-9H,1-2H3;3-4H,1-2H3,(H,9,11,13);1-5H/p+1. The zero-order valence-electron chi connectivity index (χ0n) is 24.2. The molecule has 2 heterocycles. The van der Waals surface area contributed by atoms with Gasteiger partial charge >= 0.3 is 21.4 Å². The molecule has 4 aromatic rings. The van der Waals surface area contributed by atoms with Crippen LogP contribution in [0.5, 0.6) is 0 Å². The summed E-state index contributed by atoms with van der Waals surface area (Å²) in [5.74, 6) is -2.08. The molecule has 0 bridgehead atoms. The van der Waals surface area contributed by atoms with Gasteiger partial charge in [0.05, 0.1) is 23.8 Å². The van der Waals surface area contributed by atoms with Crippen molar-refractivity contribution in [3.05, 3.63) is 106 Å². The van der Waals surface area contributed by atoms with Gasteiger partial charge in [-0.2, -0.15) is 32.6 Å². The zero-order valence-corrected chi connectivity index (χ0v) is 26.6. The van der Waals surface area contributed by atoms with Crippen molar-refractivity contribution in [1.82, 2.24) is 24.8 Å². The van der Waals surface area contributed by atoms with Crippen molar-refractivity contribution in [3.8, 4) is 0 Å². The first-order valence-corrected chi connectivity index (χ1v) is 16.1. The molecule has 0 aliphatic rings. The van der Waals surface area contributed by atoms with Gasteiger partial charge in [0.2, 0.25) is 5.82 Å². The number of aromatic nitrogens is 4. The van der Waals surface area contributed by atoms with Crippen molar-refractivity contribution in [2.24, 2.45) is 9.98 Å². The molecule has 0 unspecified atom stereocenters. The van der Waals surface area contributed by atoms with Gasteiger partial charge < -0.3 is 9.80 Å². The van der Waals surface area contributed by atoms with Gasteiger partial charge in [-0.25, -0.2) is 22.6 Å². The first-order chi connectivity index (χ1) is 21.0. The van der Waals surface area contributed by atoms with Crippen molar-refractivity contribution in [2.75, 3.05) is 28.2 Å². The number of hydrogen-bond acceptors (Lipinski definition) is 9. The van der Waals surface area contributed by atoms with Crippen LogP contribution in [0.1, 0.15) is 0 Å². The Hall–Kier alpha value is -4.81. The van der Waals surface area contributed by atoms with E-state index >= 15 is 0 Å². The maximum absolute atomic E-state index is 13.9. The number of aromatic amines is 2. The Balaban J connectivity index is 0.000000259. The number of H-pyrrole nitrogens is 2. The van der Waals surface area contributed by atoms with Crippen LogP contribution in [0, 0.1) is 11.6 Å². The number of hydrogen-bond donors (Lipinski definition) is 2. The molecule has 45 heavy (non-hydrogen) atoms. The van der Waals surface area contributed by atoms with Crippen molar-refractivity contribution in [1.29, 1.82) is 0 Å². The lowest BCUT2D eigenvalue weighted by Gasteiger charge is -2.03. The summed E-state index contributed by atoms with van der Waals surface area (Å²) in [5, 5.41) is 0. The van der Waals surface area contributed by atoms with E-state index in [1.54, 1.807) is 62.3 Å². The summed E-state index contributed by atoms with van der Waals surface area (Å²) < 4.78 is 72.9. The first-order valence-electron chi connectivity index (χ1n) is 12.3. The molecule has 0 amide bonds. The highest BCUT2D eigenvalue weighted by Gasteiger charge is 2.27. The number of rotatable bonds is 7. The predicted molar refractivity (Wildman–Crippen MR) is 164 cm³/mol. The molecule has 0 aliphatic heterocycles. The van der Waals surface area contributed by atoms with Crippen LogP contribution < -0.4 is 15.4 Å². The topological polar surface area (TPSA) is 182 Å². The van der Waals surface area contributed by atoms with E-state index in [2.05, 4.69) is 24.9 Å². The van der Waals surface area contributed by atoms with Crippen LogP contribution in [0.25, 0.3) is 0 Å². The van der Waals surface area contributed by atoms with E-state index in [-0.39, 0.29) is 21.4 Å². The Kier molecular flexibility index (Phi) is 13.2. The van der Waals surface area contributed by atoms with Gasteiger partial charge in [-0.05, 0) is 24.3 Å². The van der Waals surface area contributed by atoms with E-state index in [0.717, 1.165) is 6.20 Å². The van der Waals surface area contributed by atoms with Crippen LogP contribution in [-0.2, 0) is 19.1 Å². The van der Waals surface area contributed by atoms with Crippen LogP contribution in [0.15, 0.2) is 102 Å². The first kappa shape index (κ1) is 36.4. The molecule has 14 nitrogen and oxygen atoms in total. The second-order valence-corrected chi connectivity index (χ2v) is 13.3. The molecule has 2 N–H and O–H groups in total. The molecule has 0 aliphatic carbocycles. The van der Waals surface area contributed by atoms with Gasteiger partial charge in [0, 0.05) is 38.9 Å². The molecular formula is C26H28ClF2N8O6S2+. The molecule has 19 heteroatoms. The molecule has 0 atom stereocenters. The summed E-state index contributed by atoms with van der Waals surface area (Å²) in [6.07, 6.45) is 4.10. The summed E-state index contributed by atoms with van der Waals surface area (Å²) >= 11 is 0. The Morgan fingerprint density at radius 2 is 1.24 bits per heavy atom. The molecule has 0 saturated carbocycles. The van der Waals surface area contributed by atoms with Crippen molar-refractivity contribution in [3.63, 3.8) is 0 Å². The van der Waals surface area contributed by atoms with E-state index in [0.29, 0.717) is 10.2 Å². The van der Waals surface area contributed by atoms with E-state index < -0.39 is 42.1 Å². The van der Waals surface area contributed by atoms with Crippen LogP contribution in [0.3, 0.4) is 0 Å². The fourth-order valence-electron chi connectivity index (χ4n) is 2.81. The Labute approximate surface area is 261 Å². The fraction of sp³-hybridized carbons (Fsp3) is 0.154. The van der Waals surface area contributed by atoms with Gasteiger partial charge in [0.25, 0.3) is 14.9 Å². The minimum atomic E-state index is -4.17.